The van der Waals surface area contributed by atoms with E-state index in [0.29, 0.717) is 12.0 Å². The van der Waals surface area contributed by atoms with Gasteiger partial charge in [0.2, 0.25) is 0 Å². The van der Waals surface area contributed by atoms with E-state index < -0.39 is 0 Å². The van der Waals surface area contributed by atoms with Crippen molar-refractivity contribution in [1.82, 2.24) is 15.5 Å². The van der Waals surface area contributed by atoms with Gasteiger partial charge in [0.1, 0.15) is 0 Å². The Morgan fingerprint density at radius 1 is 1.14 bits per heavy atom. The summed E-state index contributed by atoms with van der Waals surface area (Å²) < 4.78 is 0. The maximum Gasteiger partial charge on any atom is 0.166 e. The largest absolute Gasteiger partial charge is 0.362 e. The fraction of sp³-hybridized carbons (Fsp3) is 0.833. The van der Waals surface area contributed by atoms with Crippen molar-refractivity contribution in [1.29, 1.82) is 0 Å². The van der Waals surface area contributed by atoms with Gasteiger partial charge in [0.25, 0.3) is 0 Å². The van der Waals surface area contributed by atoms with Gasteiger partial charge in [0.05, 0.1) is 0 Å². The van der Waals surface area contributed by atoms with Gasteiger partial charge in [0.15, 0.2) is 5.11 Å². The first kappa shape index (κ1) is 16.1. The first-order valence-electron chi connectivity index (χ1n) is 8.98. The van der Waals surface area contributed by atoms with E-state index in [0.717, 1.165) is 36.6 Å². The molecule has 0 aromatic heterocycles. The van der Waals surface area contributed by atoms with Gasteiger partial charge in [-0.15, -0.1) is 12.3 Å². The van der Waals surface area contributed by atoms with Crippen LogP contribution in [-0.2, 0) is 0 Å². The summed E-state index contributed by atoms with van der Waals surface area (Å²) in [4.78, 5) is 2.56. The Morgan fingerprint density at radius 2 is 1.91 bits per heavy atom. The molecule has 22 heavy (non-hydrogen) atoms. The SMILES string of the molecule is C#C[C@H]1CN2CC[C@H]1C[C@@H]2CNC(=S)NCC1CCCCC1. The lowest BCUT2D eigenvalue weighted by atomic mass is 9.76. The number of fused-ring (bicyclic) bond motifs is 3. The Bertz CT molecular complexity index is 425. The standard InChI is InChI=1S/C18H29N3S/c1-2-15-13-21-9-8-16(15)10-17(21)12-20-18(22)19-11-14-6-4-3-5-7-14/h1,14-17H,3-13H2,(H2,19,20,22)/t15-,16-,17+/m0/s1. The van der Waals surface area contributed by atoms with Gasteiger partial charge in [-0.1, -0.05) is 19.3 Å². The topological polar surface area (TPSA) is 27.3 Å². The Morgan fingerprint density at radius 3 is 2.59 bits per heavy atom. The van der Waals surface area contributed by atoms with E-state index in [2.05, 4.69) is 21.5 Å². The van der Waals surface area contributed by atoms with Crippen molar-refractivity contribution in [2.45, 2.75) is 51.0 Å². The zero-order valence-electron chi connectivity index (χ0n) is 13.5. The highest BCUT2D eigenvalue weighted by atomic mass is 32.1. The van der Waals surface area contributed by atoms with Crippen LogP contribution in [0, 0.1) is 30.1 Å². The number of thiocarbonyl (C=S) groups is 1. The predicted octanol–water partition coefficient (Wildman–Crippen LogP) is 2.37. The van der Waals surface area contributed by atoms with Crippen LogP contribution in [0.5, 0.6) is 0 Å². The molecule has 4 rings (SSSR count). The predicted molar refractivity (Wildman–Crippen MR) is 95.6 cm³/mol. The number of rotatable bonds is 4. The lowest BCUT2D eigenvalue weighted by Gasteiger charge is -2.48. The van der Waals surface area contributed by atoms with E-state index in [1.807, 2.05) is 0 Å². The van der Waals surface area contributed by atoms with E-state index in [1.165, 1.54) is 51.5 Å². The number of hydrogen-bond acceptors (Lipinski definition) is 2. The second-order valence-corrected chi connectivity index (χ2v) is 7.71. The van der Waals surface area contributed by atoms with Crippen molar-refractivity contribution < 1.29 is 0 Å². The van der Waals surface area contributed by atoms with Gasteiger partial charge in [-0.05, 0) is 56.3 Å². The van der Waals surface area contributed by atoms with E-state index in [1.54, 1.807) is 0 Å². The quantitative estimate of drug-likeness (QED) is 0.614. The van der Waals surface area contributed by atoms with Crippen LogP contribution in [-0.4, -0.2) is 42.2 Å². The number of terminal acetylenes is 1. The average molecular weight is 320 g/mol. The van der Waals surface area contributed by atoms with Crippen molar-refractivity contribution in [2.75, 3.05) is 26.2 Å². The highest BCUT2D eigenvalue weighted by Crippen LogP contribution is 2.35. The van der Waals surface area contributed by atoms with Crippen LogP contribution in [0.3, 0.4) is 0 Å². The molecule has 3 nitrogen and oxygen atoms in total. The summed E-state index contributed by atoms with van der Waals surface area (Å²) in [6.45, 7) is 4.29. The normalized spacial score (nSPS) is 34.9. The Labute approximate surface area is 140 Å². The molecule has 4 aliphatic rings. The highest BCUT2D eigenvalue weighted by Gasteiger charge is 2.39. The fourth-order valence-electron chi connectivity index (χ4n) is 4.44. The molecular formula is C18H29N3S. The Kier molecular flexibility index (Phi) is 5.60. The molecular weight excluding hydrogens is 290 g/mol. The first-order chi connectivity index (χ1) is 10.8. The number of nitrogens with zero attached hydrogens (tertiary/aromatic N) is 1. The van der Waals surface area contributed by atoms with Crippen molar-refractivity contribution in [3.63, 3.8) is 0 Å². The third kappa shape index (κ3) is 3.94. The van der Waals surface area contributed by atoms with Crippen LogP contribution in [0.25, 0.3) is 0 Å². The molecule has 0 spiro atoms. The van der Waals surface area contributed by atoms with Crippen molar-refractivity contribution in [2.24, 2.45) is 17.8 Å². The van der Waals surface area contributed by atoms with Crippen molar-refractivity contribution in [3.05, 3.63) is 0 Å². The fourth-order valence-corrected chi connectivity index (χ4v) is 4.61. The molecule has 3 aliphatic heterocycles. The summed E-state index contributed by atoms with van der Waals surface area (Å²) >= 11 is 5.45. The molecule has 1 aliphatic carbocycles. The molecule has 0 radical (unpaired) electrons. The average Bonchev–Trinajstić information content (AvgIpc) is 2.59. The lowest BCUT2D eigenvalue weighted by molar-refractivity contribution is 0.0248. The van der Waals surface area contributed by atoms with Crippen LogP contribution in [0.4, 0.5) is 0 Å². The molecule has 4 fully saturated rings. The zero-order valence-corrected chi connectivity index (χ0v) is 14.3. The van der Waals surface area contributed by atoms with Crippen molar-refractivity contribution in [3.8, 4) is 12.3 Å². The molecule has 3 saturated heterocycles. The minimum Gasteiger partial charge on any atom is -0.362 e. The molecule has 2 N–H and O–H groups in total. The van der Waals surface area contributed by atoms with E-state index >= 15 is 0 Å². The minimum atomic E-state index is 0.473. The Balaban J connectivity index is 1.36. The smallest absolute Gasteiger partial charge is 0.166 e. The van der Waals surface area contributed by atoms with E-state index in [4.69, 9.17) is 18.6 Å². The minimum absolute atomic E-state index is 0.473. The second-order valence-electron chi connectivity index (χ2n) is 7.30. The second kappa shape index (κ2) is 7.66. The molecule has 3 heterocycles. The van der Waals surface area contributed by atoms with Gasteiger partial charge >= 0.3 is 0 Å². The molecule has 4 atom stereocenters. The Hall–Kier alpha value is -0.790. The monoisotopic (exact) mass is 319 g/mol. The molecule has 122 valence electrons. The van der Waals surface area contributed by atoms with Crippen LogP contribution in [0.15, 0.2) is 0 Å². The van der Waals surface area contributed by atoms with Gasteiger partial charge in [0, 0.05) is 31.6 Å². The summed E-state index contributed by atoms with van der Waals surface area (Å²) in [6, 6.07) is 0.609. The van der Waals surface area contributed by atoms with Gasteiger partial charge in [-0.2, -0.15) is 0 Å². The van der Waals surface area contributed by atoms with Crippen LogP contribution >= 0.6 is 12.2 Å². The van der Waals surface area contributed by atoms with Gasteiger partial charge in [-0.3, -0.25) is 4.90 Å². The van der Waals surface area contributed by atoms with Gasteiger partial charge < -0.3 is 10.6 Å². The molecule has 4 heteroatoms. The molecule has 1 unspecified atom stereocenters. The summed E-state index contributed by atoms with van der Waals surface area (Å²) in [6.07, 6.45) is 15.1. The number of piperidine rings is 3. The summed E-state index contributed by atoms with van der Waals surface area (Å²) in [7, 11) is 0. The molecule has 1 saturated carbocycles. The summed E-state index contributed by atoms with van der Waals surface area (Å²) in [5, 5.41) is 7.70. The first-order valence-corrected chi connectivity index (χ1v) is 9.39. The highest BCUT2D eigenvalue weighted by molar-refractivity contribution is 7.80. The third-order valence-corrected chi connectivity index (χ3v) is 6.16. The van der Waals surface area contributed by atoms with E-state index in [-0.39, 0.29) is 0 Å². The molecule has 0 aromatic carbocycles. The van der Waals surface area contributed by atoms with Crippen molar-refractivity contribution >= 4 is 17.3 Å². The third-order valence-electron chi connectivity index (χ3n) is 5.87. The molecule has 0 aromatic rings. The summed E-state index contributed by atoms with van der Waals surface area (Å²) in [5.41, 5.74) is 0. The van der Waals surface area contributed by atoms with Crippen LogP contribution in [0.1, 0.15) is 44.9 Å². The lowest BCUT2D eigenvalue weighted by Crippen LogP contribution is -2.57. The van der Waals surface area contributed by atoms with E-state index in [9.17, 15) is 0 Å². The van der Waals surface area contributed by atoms with Gasteiger partial charge in [-0.25, -0.2) is 0 Å². The van der Waals surface area contributed by atoms with Crippen LogP contribution < -0.4 is 10.6 Å². The number of hydrogen-bond donors (Lipinski definition) is 2. The van der Waals surface area contributed by atoms with Crippen LogP contribution in [0.2, 0.25) is 0 Å². The zero-order chi connectivity index (χ0) is 15.4. The molecule has 2 bridgehead atoms. The number of nitrogens with one attached hydrogen (secondary N) is 2. The maximum absolute atomic E-state index is 5.64. The summed E-state index contributed by atoms with van der Waals surface area (Å²) in [5.74, 6) is 5.00. The molecule has 0 amide bonds. The maximum atomic E-state index is 5.64.